The average molecular weight is 252 g/mol. The van der Waals surface area contributed by atoms with E-state index in [1.54, 1.807) is 7.11 Å². The van der Waals surface area contributed by atoms with Crippen LogP contribution in [0.15, 0.2) is 18.2 Å². The number of amides is 1. The number of benzene rings is 1. The Labute approximate surface area is 105 Å². The van der Waals surface area contributed by atoms with Crippen LogP contribution in [0.3, 0.4) is 0 Å². The summed E-state index contributed by atoms with van der Waals surface area (Å²) in [6.45, 7) is 0. The van der Waals surface area contributed by atoms with E-state index < -0.39 is 5.82 Å². The Morgan fingerprint density at radius 1 is 1.56 bits per heavy atom. The summed E-state index contributed by atoms with van der Waals surface area (Å²) in [6, 6.07) is 3.90. The summed E-state index contributed by atoms with van der Waals surface area (Å²) >= 11 is 0. The molecule has 0 aliphatic heterocycles. The van der Waals surface area contributed by atoms with E-state index in [0.717, 1.165) is 19.3 Å². The lowest BCUT2D eigenvalue weighted by molar-refractivity contribution is -0.129. The van der Waals surface area contributed by atoms with E-state index in [1.807, 2.05) is 0 Å². The monoisotopic (exact) mass is 252 g/mol. The SMILES string of the molecule is COC1(CC(=O)Nc2cc(F)ccc2N)CCC1. The van der Waals surface area contributed by atoms with Gasteiger partial charge in [-0.3, -0.25) is 4.79 Å². The summed E-state index contributed by atoms with van der Waals surface area (Å²) in [7, 11) is 1.61. The number of hydrogen-bond acceptors (Lipinski definition) is 3. The van der Waals surface area contributed by atoms with E-state index >= 15 is 0 Å². The standard InChI is InChI=1S/C13H17FN2O2/c1-18-13(5-2-6-13)8-12(17)16-11-7-9(14)3-4-10(11)15/h3-4,7H,2,5-6,8,15H2,1H3,(H,16,17). The van der Waals surface area contributed by atoms with E-state index in [9.17, 15) is 9.18 Å². The van der Waals surface area contributed by atoms with Gasteiger partial charge in [-0.05, 0) is 37.5 Å². The highest BCUT2D eigenvalue weighted by Gasteiger charge is 2.39. The van der Waals surface area contributed by atoms with Gasteiger partial charge in [0.15, 0.2) is 0 Å². The topological polar surface area (TPSA) is 64.3 Å². The van der Waals surface area contributed by atoms with Gasteiger partial charge >= 0.3 is 0 Å². The van der Waals surface area contributed by atoms with Crippen LogP contribution in [0.2, 0.25) is 0 Å². The zero-order chi connectivity index (χ0) is 13.2. The number of halogens is 1. The lowest BCUT2D eigenvalue weighted by atomic mass is 9.77. The Hall–Kier alpha value is -1.62. The third-order valence-corrected chi connectivity index (χ3v) is 3.47. The number of carbonyl (C=O) groups excluding carboxylic acids is 1. The van der Waals surface area contributed by atoms with Gasteiger partial charge in [-0.1, -0.05) is 0 Å². The van der Waals surface area contributed by atoms with Crippen molar-refractivity contribution in [2.24, 2.45) is 0 Å². The number of nitrogen functional groups attached to an aromatic ring is 1. The molecule has 0 saturated heterocycles. The molecule has 0 heterocycles. The first-order valence-electron chi connectivity index (χ1n) is 5.95. The molecule has 5 heteroatoms. The van der Waals surface area contributed by atoms with Gasteiger partial charge in [-0.15, -0.1) is 0 Å². The van der Waals surface area contributed by atoms with Gasteiger partial charge in [0.1, 0.15) is 5.82 Å². The highest BCUT2D eigenvalue weighted by molar-refractivity contribution is 5.94. The Balaban J connectivity index is 2.00. The van der Waals surface area contributed by atoms with Crippen LogP contribution in [-0.2, 0) is 9.53 Å². The molecule has 0 aromatic heterocycles. The van der Waals surface area contributed by atoms with E-state index in [0.29, 0.717) is 11.4 Å². The molecule has 1 amide bonds. The lowest BCUT2D eigenvalue weighted by Crippen LogP contribution is -2.42. The molecule has 0 unspecified atom stereocenters. The number of nitrogens with one attached hydrogen (secondary N) is 1. The highest BCUT2D eigenvalue weighted by atomic mass is 19.1. The van der Waals surface area contributed by atoms with Crippen LogP contribution in [0, 0.1) is 5.82 Å². The van der Waals surface area contributed by atoms with Crippen molar-refractivity contribution in [3.8, 4) is 0 Å². The summed E-state index contributed by atoms with van der Waals surface area (Å²) in [4.78, 5) is 11.9. The largest absolute Gasteiger partial charge is 0.397 e. The third-order valence-electron chi connectivity index (χ3n) is 3.47. The maximum Gasteiger partial charge on any atom is 0.227 e. The third kappa shape index (κ3) is 2.61. The van der Waals surface area contributed by atoms with Crippen molar-refractivity contribution in [1.82, 2.24) is 0 Å². The van der Waals surface area contributed by atoms with E-state index in [4.69, 9.17) is 10.5 Å². The molecule has 0 bridgehead atoms. The van der Waals surface area contributed by atoms with Crippen molar-refractivity contribution < 1.29 is 13.9 Å². The fourth-order valence-electron chi connectivity index (χ4n) is 2.15. The smallest absolute Gasteiger partial charge is 0.227 e. The van der Waals surface area contributed by atoms with Crippen LogP contribution in [0.4, 0.5) is 15.8 Å². The number of carbonyl (C=O) groups is 1. The van der Waals surface area contributed by atoms with Crippen LogP contribution in [0.1, 0.15) is 25.7 Å². The van der Waals surface area contributed by atoms with Crippen molar-refractivity contribution >= 4 is 17.3 Å². The quantitative estimate of drug-likeness (QED) is 0.808. The molecule has 3 N–H and O–H groups in total. The minimum absolute atomic E-state index is 0.200. The fraction of sp³-hybridized carbons (Fsp3) is 0.462. The Morgan fingerprint density at radius 3 is 2.83 bits per heavy atom. The van der Waals surface area contributed by atoms with E-state index in [2.05, 4.69) is 5.32 Å². The van der Waals surface area contributed by atoms with E-state index in [-0.39, 0.29) is 17.9 Å². The predicted octanol–water partition coefficient (Wildman–Crippen LogP) is 2.31. The molecule has 1 aliphatic rings. The van der Waals surface area contributed by atoms with Crippen LogP contribution in [0.5, 0.6) is 0 Å². The first-order chi connectivity index (χ1) is 8.54. The van der Waals surface area contributed by atoms with Gasteiger partial charge in [0, 0.05) is 7.11 Å². The molecule has 1 aliphatic carbocycles. The average Bonchev–Trinajstić information content (AvgIpc) is 2.28. The Bertz CT molecular complexity index is 453. The van der Waals surface area contributed by atoms with Crippen LogP contribution < -0.4 is 11.1 Å². The molecular formula is C13H17FN2O2. The number of ether oxygens (including phenoxy) is 1. The maximum absolute atomic E-state index is 13.0. The number of nitrogens with two attached hydrogens (primary N) is 1. The molecule has 0 spiro atoms. The molecule has 0 atom stereocenters. The summed E-state index contributed by atoms with van der Waals surface area (Å²) in [5.74, 6) is -0.626. The van der Waals surface area contributed by atoms with Gasteiger partial charge in [-0.2, -0.15) is 0 Å². The first-order valence-corrected chi connectivity index (χ1v) is 5.95. The zero-order valence-electron chi connectivity index (χ0n) is 10.3. The second-order valence-corrected chi connectivity index (χ2v) is 4.70. The minimum atomic E-state index is -0.426. The van der Waals surface area contributed by atoms with Crippen molar-refractivity contribution in [3.63, 3.8) is 0 Å². The second kappa shape index (κ2) is 4.94. The summed E-state index contributed by atoms with van der Waals surface area (Å²) in [6.07, 6.45) is 3.12. The molecule has 1 aromatic carbocycles. The summed E-state index contributed by atoms with van der Waals surface area (Å²) < 4.78 is 18.4. The fourth-order valence-corrected chi connectivity index (χ4v) is 2.15. The normalized spacial score (nSPS) is 17.0. The van der Waals surface area contributed by atoms with Gasteiger partial charge in [0.2, 0.25) is 5.91 Å². The molecule has 18 heavy (non-hydrogen) atoms. The van der Waals surface area contributed by atoms with Crippen molar-refractivity contribution in [1.29, 1.82) is 0 Å². The van der Waals surface area contributed by atoms with Crippen molar-refractivity contribution in [2.45, 2.75) is 31.3 Å². The number of hydrogen-bond donors (Lipinski definition) is 2. The molecule has 0 radical (unpaired) electrons. The molecule has 98 valence electrons. The Kier molecular flexibility index (Phi) is 3.52. The molecular weight excluding hydrogens is 235 g/mol. The highest BCUT2D eigenvalue weighted by Crippen LogP contribution is 2.38. The summed E-state index contributed by atoms with van der Waals surface area (Å²) in [5.41, 5.74) is 5.99. The molecule has 4 nitrogen and oxygen atoms in total. The Morgan fingerprint density at radius 2 is 2.28 bits per heavy atom. The maximum atomic E-state index is 13.0. The lowest BCUT2D eigenvalue weighted by Gasteiger charge is -2.39. The summed E-state index contributed by atoms with van der Waals surface area (Å²) in [5, 5.41) is 2.63. The van der Waals surface area contributed by atoms with Gasteiger partial charge in [0.05, 0.1) is 23.4 Å². The van der Waals surface area contributed by atoms with Crippen LogP contribution in [-0.4, -0.2) is 18.6 Å². The van der Waals surface area contributed by atoms with Crippen molar-refractivity contribution in [3.05, 3.63) is 24.0 Å². The van der Waals surface area contributed by atoms with Gasteiger partial charge in [-0.25, -0.2) is 4.39 Å². The molecule has 1 aromatic rings. The minimum Gasteiger partial charge on any atom is -0.397 e. The van der Waals surface area contributed by atoms with Crippen molar-refractivity contribution in [2.75, 3.05) is 18.2 Å². The molecule has 1 fully saturated rings. The zero-order valence-corrected chi connectivity index (χ0v) is 10.3. The van der Waals surface area contributed by atoms with Crippen LogP contribution >= 0.6 is 0 Å². The van der Waals surface area contributed by atoms with E-state index in [1.165, 1.54) is 18.2 Å². The van der Waals surface area contributed by atoms with Gasteiger partial charge in [0.25, 0.3) is 0 Å². The van der Waals surface area contributed by atoms with Crippen LogP contribution in [0.25, 0.3) is 0 Å². The first kappa shape index (κ1) is 12.8. The second-order valence-electron chi connectivity index (χ2n) is 4.70. The number of anilines is 2. The molecule has 2 rings (SSSR count). The van der Waals surface area contributed by atoms with Gasteiger partial charge < -0.3 is 15.8 Å². The number of methoxy groups -OCH3 is 1. The predicted molar refractivity (Wildman–Crippen MR) is 67.7 cm³/mol. The number of rotatable bonds is 4. The molecule has 1 saturated carbocycles.